The summed E-state index contributed by atoms with van der Waals surface area (Å²) in [6.07, 6.45) is 4.00. The quantitative estimate of drug-likeness (QED) is 0.738. The van der Waals surface area contributed by atoms with E-state index in [4.69, 9.17) is 9.15 Å². The maximum atomic E-state index is 12.3. The number of ether oxygens (including phenoxy) is 1. The standard InChI is InChI=1S/C16H22N6O3/c1-24-10-3-5-17-14-12-18-20-16(19-14)22-8-6-21(7-9-22)15(23)13-4-2-11-25-13/h2,4,11-12H,3,5-10H2,1H3,(H,17,19,20). The number of carbonyl (C=O) groups excluding carboxylic acids is 1. The molecule has 1 aliphatic rings. The zero-order valence-corrected chi connectivity index (χ0v) is 14.2. The van der Waals surface area contributed by atoms with E-state index in [9.17, 15) is 4.79 Å². The van der Waals surface area contributed by atoms with E-state index in [1.807, 2.05) is 4.90 Å². The molecule has 25 heavy (non-hydrogen) atoms. The van der Waals surface area contributed by atoms with Crippen molar-refractivity contribution >= 4 is 17.7 Å². The van der Waals surface area contributed by atoms with Gasteiger partial charge in [-0.25, -0.2) is 0 Å². The van der Waals surface area contributed by atoms with Gasteiger partial charge in [-0.2, -0.15) is 10.1 Å². The Morgan fingerprint density at radius 1 is 1.36 bits per heavy atom. The van der Waals surface area contributed by atoms with Gasteiger partial charge in [0.05, 0.1) is 12.5 Å². The summed E-state index contributed by atoms with van der Waals surface area (Å²) in [4.78, 5) is 20.6. The second-order valence-corrected chi connectivity index (χ2v) is 5.67. The lowest BCUT2D eigenvalue weighted by molar-refractivity contribution is 0.0714. The van der Waals surface area contributed by atoms with Gasteiger partial charge in [-0.3, -0.25) is 4.79 Å². The van der Waals surface area contributed by atoms with E-state index in [0.717, 1.165) is 13.0 Å². The first-order chi connectivity index (χ1) is 12.3. The topological polar surface area (TPSA) is 96.6 Å². The monoisotopic (exact) mass is 346 g/mol. The number of methoxy groups -OCH3 is 1. The van der Waals surface area contributed by atoms with Crippen LogP contribution in [0.4, 0.5) is 11.8 Å². The molecule has 0 unspecified atom stereocenters. The van der Waals surface area contributed by atoms with Crippen LogP contribution in [0.1, 0.15) is 17.0 Å². The van der Waals surface area contributed by atoms with Gasteiger partial charge in [0.1, 0.15) is 0 Å². The maximum absolute atomic E-state index is 12.3. The summed E-state index contributed by atoms with van der Waals surface area (Å²) in [5.41, 5.74) is 0. The molecular formula is C16H22N6O3. The molecule has 1 aliphatic heterocycles. The first-order valence-corrected chi connectivity index (χ1v) is 8.28. The molecular weight excluding hydrogens is 324 g/mol. The maximum Gasteiger partial charge on any atom is 0.289 e. The van der Waals surface area contributed by atoms with Crippen LogP contribution in [0, 0.1) is 0 Å². The number of aromatic nitrogens is 3. The molecule has 1 saturated heterocycles. The first kappa shape index (κ1) is 17.2. The molecule has 0 atom stereocenters. The number of amides is 1. The molecule has 1 amide bonds. The van der Waals surface area contributed by atoms with Gasteiger partial charge in [0, 0.05) is 46.4 Å². The van der Waals surface area contributed by atoms with E-state index >= 15 is 0 Å². The van der Waals surface area contributed by atoms with E-state index in [0.29, 0.717) is 50.3 Å². The van der Waals surface area contributed by atoms with Crippen LogP contribution in [0.15, 0.2) is 29.0 Å². The van der Waals surface area contributed by atoms with Crippen LogP contribution in [-0.4, -0.2) is 72.4 Å². The van der Waals surface area contributed by atoms with Gasteiger partial charge < -0.3 is 24.3 Å². The summed E-state index contributed by atoms with van der Waals surface area (Å²) in [5.74, 6) is 1.54. The number of hydrogen-bond acceptors (Lipinski definition) is 8. The Kier molecular flexibility index (Phi) is 5.78. The van der Waals surface area contributed by atoms with Crippen molar-refractivity contribution in [1.29, 1.82) is 0 Å². The molecule has 2 aromatic rings. The van der Waals surface area contributed by atoms with Crippen molar-refractivity contribution in [3.05, 3.63) is 30.4 Å². The Morgan fingerprint density at radius 3 is 2.92 bits per heavy atom. The van der Waals surface area contributed by atoms with Gasteiger partial charge in [-0.15, -0.1) is 5.10 Å². The van der Waals surface area contributed by atoms with Crippen molar-refractivity contribution in [3.8, 4) is 0 Å². The molecule has 0 spiro atoms. The van der Waals surface area contributed by atoms with Crippen molar-refractivity contribution in [3.63, 3.8) is 0 Å². The molecule has 0 bridgehead atoms. The van der Waals surface area contributed by atoms with Gasteiger partial charge >= 0.3 is 0 Å². The minimum Gasteiger partial charge on any atom is -0.459 e. The fraction of sp³-hybridized carbons (Fsp3) is 0.500. The highest BCUT2D eigenvalue weighted by molar-refractivity contribution is 5.91. The van der Waals surface area contributed by atoms with Crippen LogP contribution < -0.4 is 10.2 Å². The second-order valence-electron chi connectivity index (χ2n) is 5.67. The fourth-order valence-electron chi connectivity index (χ4n) is 2.61. The summed E-state index contributed by atoms with van der Waals surface area (Å²) < 4.78 is 10.2. The van der Waals surface area contributed by atoms with E-state index < -0.39 is 0 Å². The lowest BCUT2D eigenvalue weighted by Gasteiger charge is -2.34. The van der Waals surface area contributed by atoms with E-state index in [1.54, 1.807) is 30.3 Å². The van der Waals surface area contributed by atoms with E-state index in [2.05, 4.69) is 20.5 Å². The Balaban J connectivity index is 1.53. The van der Waals surface area contributed by atoms with E-state index in [1.165, 1.54) is 6.26 Å². The van der Waals surface area contributed by atoms with Crippen LogP contribution in [0.25, 0.3) is 0 Å². The fourth-order valence-corrected chi connectivity index (χ4v) is 2.61. The molecule has 0 radical (unpaired) electrons. The minimum atomic E-state index is -0.0859. The zero-order chi connectivity index (χ0) is 17.5. The summed E-state index contributed by atoms with van der Waals surface area (Å²) >= 11 is 0. The Bertz CT molecular complexity index is 670. The number of nitrogens with zero attached hydrogens (tertiary/aromatic N) is 5. The van der Waals surface area contributed by atoms with Crippen LogP contribution >= 0.6 is 0 Å². The van der Waals surface area contributed by atoms with Crippen molar-refractivity contribution in [2.45, 2.75) is 6.42 Å². The van der Waals surface area contributed by atoms with E-state index in [-0.39, 0.29) is 5.91 Å². The third-order valence-electron chi connectivity index (χ3n) is 3.96. The average molecular weight is 346 g/mol. The third kappa shape index (κ3) is 4.44. The predicted molar refractivity (Wildman–Crippen MR) is 91.6 cm³/mol. The lowest BCUT2D eigenvalue weighted by Crippen LogP contribution is -2.49. The van der Waals surface area contributed by atoms with Crippen molar-refractivity contribution in [2.75, 3.05) is 56.7 Å². The van der Waals surface area contributed by atoms with Crippen molar-refractivity contribution in [1.82, 2.24) is 20.1 Å². The van der Waals surface area contributed by atoms with Gasteiger partial charge in [0.2, 0.25) is 5.95 Å². The number of anilines is 2. The molecule has 1 N–H and O–H groups in total. The number of nitrogens with one attached hydrogen (secondary N) is 1. The van der Waals surface area contributed by atoms with Crippen molar-refractivity contribution < 1.29 is 13.9 Å². The van der Waals surface area contributed by atoms with Gasteiger partial charge in [0.15, 0.2) is 11.6 Å². The Hall–Kier alpha value is -2.68. The van der Waals surface area contributed by atoms with Gasteiger partial charge in [-0.1, -0.05) is 0 Å². The Morgan fingerprint density at radius 2 is 2.20 bits per heavy atom. The average Bonchev–Trinajstić information content (AvgIpc) is 3.20. The molecule has 2 aromatic heterocycles. The lowest BCUT2D eigenvalue weighted by atomic mass is 10.3. The molecule has 3 rings (SSSR count). The molecule has 1 fully saturated rings. The normalized spacial score (nSPS) is 14.6. The van der Waals surface area contributed by atoms with Crippen LogP contribution in [-0.2, 0) is 4.74 Å². The Labute approximate surface area is 146 Å². The molecule has 9 nitrogen and oxygen atoms in total. The first-order valence-electron chi connectivity index (χ1n) is 8.28. The molecule has 0 aliphatic carbocycles. The second kappa shape index (κ2) is 8.43. The highest BCUT2D eigenvalue weighted by atomic mass is 16.5. The highest BCUT2D eigenvalue weighted by Crippen LogP contribution is 2.14. The SMILES string of the molecule is COCCCNc1cnnc(N2CCN(C(=O)c3ccco3)CC2)n1. The highest BCUT2D eigenvalue weighted by Gasteiger charge is 2.25. The zero-order valence-electron chi connectivity index (χ0n) is 14.2. The number of furan rings is 1. The summed E-state index contributed by atoms with van der Waals surface area (Å²) in [7, 11) is 1.68. The van der Waals surface area contributed by atoms with Crippen molar-refractivity contribution in [2.24, 2.45) is 0 Å². The molecule has 9 heteroatoms. The predicted octanol–water partition coefficient (Wildman–Crippen LogP) is 0.875. The smallest absolute Gasteiger partial charge is 0.289 e. The number of piperazine rings is 1. The van der Waals surface area contributed by atoms with Crippen LogP contribution in [0.2, 0.25) is 0 Å². The summed E-state index contributed by atoms with van der Waals surface area (Å²) in [6, 6.07) is 3.40. The summed E-state index contributed by atoms with van der Waals surface area (Å²) in [6.45, 7) is 3.95. The molecule has 0 saturated carbocycles. The van der Waals surface area contributed by atoms with Crippen LogP contribution in [0.3, 0.4) is 0 Å². The molecule has 3 heterocycles. The third-order valence-corrected chi connectivity index (χ3v) is 3.96. The van der Waals surface area contributed by atoms with Gasteiger partial charge in [-0.05, 0) is 18.6 Å². The largest absolute Gasteiger partial charge is 0.459 e. The minimum absolute atomic E-state index is 0.0859. The number of carbonyl (C=O) groups is 1. The number of hydrogen-bond donors (Lipinski definition) is 1. The molecule has 134 valence electrons. The van der Waals surface area contributed by atoms with Gasteiger partial charge in [0.25, 0.3) is 5.91 Å². The van der Waals surface area contributed by atoms with Crippen LogP contribution in [0.5, 0.6) is 0 Å². The summed E-state index contributed by atoms with van der Waals surface area (Å²) in [5, 5.41) is 11.3. The molecule has 0 aromatic carbocycles. The number of rotatable bonds is 7.